The third-order valence-electron chi connectivity index (χ3n) is 5.07. The summed E-state index contributed by atoms with van der Waals surface area (Å²) in [7, 11) is 4.19. The lowest BCUT2D eigenvalue weighted by Crippen LogP contribution is -2.45. The van der Waals surface area contributed by atoms with Crippen LogP contribution in [0.25, 0.3) is 0 Å². The van der Waals surface area contributed by atoms with Gasteiger partial charge in [-0.25, -0.2) is 0 Å². The number of terminal acetylenes is 1. The first-order chi connectivity index (χ1) is 12.5. The predicted octanol–water partition coefficient (Wildman–Crippen LogP) is 5.29. The van der Waals surface area contributed by atoms with Crippen LogP contribution < -0.4 is 5.32 Å². The fourth-order valence-corrected chi connectivity index (χ4v) is 3.22. The Bertz CT molecular complexity index is 371. The summed E-state index contributed by atoms with van der Waals surface area (Å²) in [5.41, 5.74) is 0. The number of amides is 1. The molecule has 0 spiro atoms. The van der Waals surface area contributed by atoms with Gasteiger partial charge in [0.05, 0.1) is 27.2 Å². The maximum absolute atomic E-state index is 11.8. The summed E-state index contributed by atoms with van der Waals surface area (Å²) in [6.45, 7) is 4.57. The van der Waals surface area contributed by atoms with Crippen molar-refractivity contribution in [1.82, 2.24) is 5.32 Å². The Labute approximate surface area is 163 Å². The van der Waals surface area contributed by atoms with Gasteiger partial charge < -0.3 is 9.80 Å². The minimum absolute atomic E-state index is 0.189. The predicted molar refractivity (Wildman–Crippen MR) is 114 cm³/mol. The fourth-order valence-electron chi connectivity index (χ4n) is 3.22. The highest BCUT2D eigenvalue weighted by atomic mass is 16.1. The molecule has 0 aromatic heterocycles. The molecular weight excluding hydrogens is 320 g/mol. The van der Waals surface area contributed by atoms with Gasteiger partial charge in [-0.3, -0.25) is 4.79 Å². The van der Waals surface area contributed by atoms with E-state index in [2.05, 4.69) is 32.3 Å². The van der Waals surface area contributed by atoms with Crippen molar-refractivity contribution in [2.45, 2.75) is 96.8 Å². The molecule has 1 amide bonds. The van der Waals surface area contributed by atoms with E-state index in [4.69, 9.17) is 6.42 Å². The molecule has 3 nitrogen and oxygen atoms in total. The average Bonchev–Trinajstić information content (AvgIpc) is 2.58. The molecule has 0 aromatic rings. The molecule has 0 bridgehead atoms. The van der Waals surface area contributed by atoms with Crippen LogP contribution in [-0.4, -0.2) is 44.1 Å². The normalized spacial score (nSPS) is 11.3. The monoisotopic (exact) mass is 365 g/mol. The highest BCUT2D eigenvalue weighted by molar-refractivity contribution is 5.75. The lowest BCUT2D eigenvalue weighted by atomic mass is 10.0. The number of likely N-dealkylation sites (N-methyl/N-ethyl adjacent to an activating group) is 1. The first kappa shape index (κ1) is 25.0. The molecule has 0 saturated carbocycles. The lowest BCUT2D eigenvalue weighted by Gasteiger charge is -2.27. The van der Waals surface area contributed by atoms with Crippen LogP contribution in [0.2, 0.25) is 0 Å². The lowest BCUT2D eigenvalue weighted by molar-refractivity contribution is -0.881. The minimum atomic E-state index is 0.189. The maximum Gasteiger partial charge on any atom is 0.220 e. The molecule has 0 fully saturated rings. The van der Waals surface area contributed by atoms with Gasteiger partial charge >= 0.3 is 0 Å². The highest BCUT2D eigenvalue weighted by Gasteiger charge is 2.12. The Hall–Kier alpha value is -1.01. The van der Waals surface area contributed by atoms with Crippen LogP contribution in [0.1, 0.15) is 96.8 Å². The second-order valence-electron chi connectivity index (χ2n) is 8.36. The van der Waals surface area contributed by atoms with Crippen LogP contribution >= 0.6 is 0 Å². The number of nitrogens with zero attached hydrogens (tertiary/aromatic N) is 1. The average molecular weight is 366 g/mol. The SMILES string of the molecule is C#CC[N+](C)(C)CCNC(=O)CCCCCCCCCCCCCCC. The molecule has 0 saturated heterocycles. The van der Waals surface area contributed by atoms with Crippen molar-refractivity contribution in [2.75, 3.05) is 33.7 Å². The summed E-state index contributed by atoms with van der Waals surface area (Å²) in [4.78, 5) is 11.8. The number of unbranched alkanes of at least 4 members (excludes halogenated alkanes) is 12. The smallest absolute Gasteiger partial charge is 0.220 e. The number of carbonyl (C=O) groups is 1. The third kappa shape index (κ3) is 17.8. The number of carbonyl (C=O) groups excluding carboxylic acids is 1. The standard InChI is InChI=1S/C23H44N2O/c1-5-7-8-9-10-11-12-13-14-15-16-17-18-19-23(26)24-20-22-25(3,4)21-6-2/h2H,5,7-22H2,1,3-4H3/p+1. The minimum Gasteiger partial charge on any atom is -0.350 e. The molecule has 1 N–H and O–H groups in total. The summed E-state index contributed by atoms with van der Waals surface area (Å²) >= 11 is 0. The van der Waals surface area contributed by atoms with Gasteiger partial charge in [-0.1, -0.05) is 84.0 Å². The highest BCUT2D eigenvalue weighted by Crippen LogP contribution is 2.12. The molecular formula is C23H45N2O+. The van der Waals surface area contributed by atoms with Gasteiger partial charge in [-0.05, 0) is 12.3 Å². The van der Waals surface area contributed by atoms with E-state index in [9.17, 15) is 4.79 Å². The molecule has 26 heavy (non-hydrogen) atoms. The van der Waals surface area contributed by atoms with E-state index in [0.717, 1.165) is 17.4 Å². The van der Waals surface area contributed by atoms with Crippen molar-refractivity contribution in [3.8, 4) is 12.3 Å². The molecule has 0 unspecified atom stereocenters. The fraction of sp³-hybridized carbons (Fsp3) is 0.870. The Morgan fingerprint density at radius 3 is 1.77 bits per heavy atom. The molecule has 0 aliphatic rings. The van der Waals surface area contributed by atoms with E-state index in [-0.39, 0.29) is 5.91 Å². The molecule has 0 radical (unpaired) electrons. The van der Waals surface area contributed by atoms with Crippen LogP contribution in [0.5, 0.6) is 0 Å². The quantitative estimate of drug-likeness (QED) is 0.199. The molecule has 0 aromatic carbocycles. The molecule has 152 valence electrons. The molecule has 0 heterocycles. The van der Waals surface area contributed by atoms with E-state index < -0.39 is 0 Å². The summed E-state index contributed by atoms with van der Waals surface area (Å²) in [5, 5.41) is 3.02. The van der Waals surface area contributed by atoms with E-state index in [1.807, 2.05) is 0 Å². The second kappa shape index (κ2) is 17.4. The van der Waals surface area contributed by atoms with Crippen molar-refractivity contribution in [2.24, 2.45) is 0 Å². The summed E-state index contributed by atoms with van der Waals surface area (Å²) < 4.78 is 0.759. The van der Waals surface area contributed by atoms with Crippen LogP contribution in [0, 0.1) is 12.3 Å². The molecule has 0 aliphatic heterocycles. The topological polar surface area (TPSA) is 29.1 Å². The van der Waals surface area contributed by atoms with Gasteiger partial charge in [-0.15, -0.1) is 6.42 Å². The first-order valence-corrected chi connectivity index (χ1v) is 11.0. The molecule has 3 heteroatoms. The van der Waals surface area contributed by atoms with Crippen LogP contribution in [0.3, 0.4) is 0 Å². The van der Waals surface area contributed by atoms with Crippen molar-refractivity contribution in [3.63, 3.8) is 0 Å². The van der Waals surface area contributed by atoms with E-state index in [1.165, 1.54) is 77.0 Å². The van der Waals surface area contributed by atoms with Gasteiger partial charge in [0.15, 0.2) is 0 Å². The largest absolute Gasteiger partial charge is 0.350 e. The van der Waals surface area contributed by atoms with E-state index in [1.54, 1.807) is 0 Å². The molecule has 0 atom stereocenters. The van der Waals surface area contributed by atoms with Gasteiger partial charge in [0.2, 0.25) is 5.91 Å². The van der Waals surface area contributed by atoms with Crippen molar-refractivity contribution < 1.29 is 9.28 Å². The zero-order valence-corrected chi connectivity index (χ0v) is 18.0. The van der Waals surface area contributed by atoms with E-state index in [0.29, 0.717) is 19.5 Å². The van der Waals surface area contributed by atoms with Gasteiger partial charge in [0, 0.05) is 6.42 Å². The maximum atomic E-state index is 11.8. The Balaban J connectivity index is 3.30. The van der Waals surface area contributed by atoms with Crippen LogP contribution in [0.15, 0.2) is 0 Å². The van der Waals surface area contributed by atoms with Crippen molar-refractivity contribution >= 4 is 5.91 Å². The summed E-state index contributed by atoms with van der Waals surface area (Å²) in [6.07, 6.45) is 23.4. The number of hydrogen-bond donors (Lipinski definition) is 1. The Morgan fingerprint density at radius 2 is 1.31 bits per heavy atom. The van der Waals surface area contributed by atoms with Crippen molar-refractivity contribution in [3.05, 3.63) is 0 Å². The van der Waals surface area contributed by atoms with Gasteiger partial charge in [0.25, 0.3) is 0 Å². The van der Waals surface area contributed by atoms with Crippen LogP contribution in [-0.2, 0) is 4.79 Å². The number of hydrogen-bond acceptors (Lipinski definition) is 1. The molecule has 0 aliphatic carbocycles. The van der Waals surface area contributed by atoms with Crippen molar-refractivity contribution in [1.29, 1.82) is 0 Å². The zero-order chi connectivity index (χ0) is 19.5. The van der Waals surface area contributed by atoms with E-state index >= 15 is 0 Å². The summed E-state index contributed by atoms with van der Waals surface area (Å²) in [6, 6.07) is 0. The first-order valence-electron chi connectivity index (χ1n) is 11.0. The zero-order valence-electron chi connectivity index (χ0n) is 18.0. The van der Waals surface area contributed by atoms with Crippen LogP contribution in [0.4, 0.5) is 0 Å². The summed E-state index contributed by atoms with van der Waals surface area (Å²) in [5.74, 6) is 2.87. The Morgan fingerprint density at radius 1 is 0.846 bits per heavy atom. The third-order valence-corrected chi connectivity index (χ3v) is 5.07. The molecule has 0 rings (SSSR count). The number of rotatable bonds is 18. The number of nitrogens with one attached hydrogen (secondary N) is 1. The van der Waals surface area contributed by atoms with Gasteiger partial charge in [-0.2, -0.15) is 0 Å². The van der Waals surface area contributed by atoms with Gasteiger partial charge in [0.1, 0.15) is 6.54 Å². The Kier molecular flexibility index (Phi) is 16.7. The number of quaternary nitrogens is 1. The second-order valence-corrected chi connectivity index (χ2v) is 8.36.